The van der Waals surface area contributed by atoms with E-state index in [9.17, 15) is 18.8 Å². The summed E-state index contributed by atoms with van der Waals surface area (Å²) in [6, 6.07) is 13.8. The van der Waals surface area contributed by atoms with E-state index in [1.165, 1.54) is 18.5 Å². The minimum atomic E-state index is -0.829. The fraction of sp³-hybridized carbons (Fsp3) is 0.0870. The molecule has 0 unspecified atom stereocenters. The van der Waals surface area contributed by atoms with Crippen LogP contribution in [-0.2, 0) is 6.54 Å². The molecule has 0 saturated heterocycles. The van der Waals surface area contributed by atoms with Crippen LogP contribution in [0.2, 0.25) is 0 Å². The van der Waals surface area contributed by atoms with Gasteiger partial charge in [-0.2, -0.15) is 0 Å². The molecule has 10 heteroatoms. The van der Waals surface area contributed by atoms with Crippen molar-refractivity contribution in [2.24, 2.45) is 0 Å². The van der Waals surface area contributed by atoms with E-state index in [1.54, 1.807) is 25.3 Å². The van der Waals surface area contributed by atoms with Gasteiger partial charge in [-0.15, -0.1) is 0 Å². The number of ether oxygens (including phenoxy) is 1. The van der Waals surface area contributed by atoms with E-state index in [4.69, 9.17) is 4.74 Å². The number of rotatable bonds is 6. The smallest absolute Gasteiger partial charge is 0.333 e. The normalized spacial score (nSPS) is 10.6. The molecule has 166 valence electrons. The summed E-state index contributed by atoms with van der Waals surface area (Å²) in [5.41, 5.74) is 0.300. The Bertz CT molecular complexity index is 1410. The summed E-state index contributed by atoms with van der Waals surface area (Å²) in [5.74, 6) is -0.500. The average Bonchev–Trinajstić information content (AvgIpc) is 2.84. The van der Waals surface area contributed by atoms with Crippen LogP contribution < -0.4 is 21.3 Å². The summed E-state index contributed by atoms with van der Waals surface area (Å²) in [5, 5.41) is 2.62. The number of aromatic amines is 1. The maximum absolute atomic E-state index is 13.2. The first-order chi connectivity index (χ1) is 16.0. The zero-order valence-corrected chi connectivity index (χ0v) is 17.4. The van der Waals surface area contributed by atoms with E-state index in [-0.39, 0.29) is 17.8 Å². The third kappa shape index (κ3) is 4.69. The molecule has 9 nitrogen and oxygen atoms in total. The highest BCUT2D eigenvalue weighted by Crippen LogP contribution is 2.20. The molecule has 0 fully saturated rings. The number of aromatic nitrogens is 4. The quantitative estimate of drug-likeness (QED) is 0.467. The molecule has 4 aromatic rings. The standard InChI is InChI=1S/C23H18FN5O4/c1-33-18-8-2-14(3-9-18)20-10-16(27-13-28-20)11-25-21(30)19-12-26-23(32)29(22(19)31)17-6-4-15(24)5-7-17/h2-10,12-13H,11H2,1H3,(H,25,30)(H,26,32). The van der Waals surface area contributed by atoms with Crippen molar-refractivity contribution in [2.45, 2.75) is 6.54 Å². The number of H-pyrrole nitrogens is 1. The number of hydrogen-bond donors (Lipinski definition) is 2. The van der Waals surface area contributed by atoms with Crippen molar-refractivity contribution in [3.8, 4) is 22.7 Å². The molecule has 2 aromatic carbocycles. The zero-order chi connectivity index (χ0) is 23.4. The SMILES string of the molecule is COc1ccc(-c2cc(CNC(=O)c3c[nH]c(=O)n(-c4ccc(F)cc4)c3=O)ncn2)cc1. The highest BCUT2D eigenvalue weighted by Gasteiger charge is 2.16. The fourth-order valence-electron chi connectivity index (χ4n) is 3.14. The predicted molar refractivity (Wildman–Crippen MR) is 118 cm³/mol. The Morgan fingerprint density at radius 2 is 1.82 bits per heavy atom. The fourth-order valence-corrected chi connectivity index (χ4v) is 3.14. The van der Waals surface area contributed by atoms with E-state index < -0.39 is 23.0 Å². The second-order valence-corrected chi connectivity index (χ2v) is 6.93. The number of amides is 1. The van der Waals surface area contributed by atoms with Gasteiger partial charge < -0.3 is 15.0 Å². The first-order valence-corrected chi connectivity index (χ1v) is 9.80. The van der Waals surface area contributed by atoms with E-state index in [2.05, 4.69) is 20.3 Å². The lowest BCUT2D eigenvalue weighted by molar-refractivity contribution is 0.0948. The van der Waals surface area contributed by atoms with E-state index in [1.807, 2.05) is 12.1 Å². The van der Waals surface area contributed by atoms with Crippen LogP contribution in [0.4, 0.5) is 4.39 Å². The van der Waals surface area contributed by atoms with Crippen molar-refractivity contribution in [1.82, 2.24) is 24.8 Å². The second-order valence-electron chi connectivity index (χ2n) is 6.93. The molecule has 0 aliphatic rings. The van der Waals surface area contributed by atoms with E-state index in [0.29, 0.717) is 17.1 Å². The molecule has 33 heavy (non-hydrogen) atoms. The second kappa shape index (κ2) is 9.27. The molecule has 0 saturated carbocycles. The maximum atomic E-state index is 13.2. The third-order valence-corrected chi connectivity index (χ3v) is 4.85. The number of hydrogen-bond acceptors (Lipinski definition) is 6. The van der Waals surface area contributed by atoms with Gasteiger partial charge in [0.05, 0.1) is 30.7 Å². The summed E-state index contributed by atoms with van der Waals surface area (Å²) in [6.45, 7) is 0.0274. The largest absolute Gasteiger partial charge is 0.497 e. The summed E-state index contributed by atoms with van der Waals surface area (Å²) in [4.78, 5) is 48.3. The minimum absolute atomic E-state index is 0.0274. The Labute approximate surface area is 186 Å². The van der Waals surface area contributed by atoms with Gasteiger partial charge >= 0.3 is 5.69 Å². The summed E-state index contributed by atoms with van der Waals surface area (Å²) >= 11 is 0. The number of halogens is 1. The van der Waals surface area contributed by atoms with Crippen molar-refractivity contribution in [2.75, 3.05) is 7.11 Å². The van der Waals surface area contributed by atoms with Crippen LogP contribution in [0.1, 0.15) is 16.1 Å². The van der Waals surface area contributed by atoms with Gasteiger partial charge in [-0.25, -0.2) is 23.7 Å². The van der Waals surface area contributed by atoms with Crippen LogP contribution in [0.15, 0.2) is 76.7 Å². The minimum Gasteiger partial charge on any atom is -0.497 e. The molecule has 0 spiro atoms. The molecular formula is C23H18FN5O4. The highest BCUT2D eigenvalue weighted by atomic mass is 19.1. The number of nitrogens with zero attached hydrogens (tertiary/aromatic N) is 3. The van der Waals surface area contributed by atoms with Crippen molar-refractivity contribution in [1.29, 1.82) is 0 Å². The van der Waals surface area contributed by atoms with E-state index >= 15 is 0 Å². The van der Waals surface area contributed by atoms with Crippen LogP contribution in [0, 0.1) is 5.82 Å². The van der Waals surface area contributed by atoms with Gasteiger partial charge in [0.2, 0.25) is 0 Å². The van der Waals surface area contributed by atoms with E-state index in [0.717, 1.165) is 28.5 Å². The molecule has 2 aromatic heterocycles. The van der Waals surface area contributed by atoms with Crippen LogP contribution in [0.3, 0.4) is 0 Å². The van der Waals surface area contributed by atoms with Crippen LogP contribution in [0.5, 0.6) is 5.75 Å². The predicted octanol–water partition coefficient (Wildman–Crippen LogP) is 2.06. The molecule has 2 N–H and O–H groups in total. The molecule has 0 aliphatic carbocycles. The lowest BCUT2D eigenvalue weighted by Gasteiger charge is -2.09. The molecular weight excluding hydrogens is 429 g/mol. The molecule has 2 heterocycles. The average molecular weight is 447 g/mol. The number of benzene rings is 2. The number of nitrogens with one attached hydrogen (secondary N) is 2. The molecule has 0 bridgehead atoms. The molecule has 0 atom stereocenters. The van der Waals surface area contributed by atoms with Gasteiger partial charge in [-0.3, -0.25) is 9.59 Å². The monoisotopic (exact) mass is 447 g/mol. The van der Waals surface area contributed by atoms with Gasteiger partial charge in [0.1, 0.15) is 23.5 Å². The van der Waals surface area contributed by atoms with Gasteiger partial charge in [-0.05, 0) is 54.6 Å². The number of carbonyl (C=O) groups is 1. The van der Waals surface area contributed by atoms with Crippen molar-refractivity contribution < 1.29 is 13.9 Å². The van der Waals surface area contributed by atoms with Gasteiger partial charge in [0.15, 0.2) is 0 Å². The van der Waals surface area contributed by atoms with Crippen LogP contribution >= 0.6 is 0 Å². The van der Waals surface area contributed by atoms with Gasteiger partial charge in [0, 0.05) is 11.8 Å². The molecule has 1 amide bonds. The molecule has 0 radical (unpaired) electrons. The lowest BCUT2D eigenvalue weighted by Crippen LogP contribution is -2.39. The molecule has 0 aliphatic heterocycles. The Morgan fingerprint density at radius 1 is 1.09 bits per heavy atom. The third-order valence-electron chi connectivity index (χ3n) is 4.85. The summed E-state index contributed by atoms with van der Waals surface area (Å²) in [6.07, 6.45) is 2.42. The lowest BCUT2D eigenvalue weighted by atomic mass is 10.1. The van der Waals surface area contributed by atoms with Crippen LogP contribution in [0.25, 0.3) is 16.9 Å². The Hall–Kier alpha value is -4.60. The topological polar surface area (TPSA) is 119 Å². The Balaban J connectivity index is 1.54. The van der Waals surface area contributed by atoms with Crippen LogP contribution in [-0.4, -0.2) is 32.5 Å². The first kappa shape index (κ1) is 21.6. The number of carbonyl (C=O) groups excluding carboxylic acids is 1. The Kier molecular flexibility index (Phi) is 6.07. The van der Waals surface area contributed by atoms with Crippen molar-refractivity contribution >= 4 is 5.91 Å². The van der Waals surface area contributed by atoms with Crippen molar-refractivity contribution in [3.63, 3.8) is 0 Å². The molecule has 4 rings (SSSR count). The van der Waals surface area contributed by atoms with Crippen molar-refractivity contribution in [3.05, 3.63) is 105 Å². The number of methoxy groups -OCH3 is 1. The Morgan fingerprint density at radius 3 is 2.52 bits per heavy atom. The summed E-state index contributed by atoms with van der Waals surface area (Å²) in [7, 11) is 1.58. The maximum Gasteiger partial charge on any atom is 0.333 e. The van der Waals surface area contributed by atoms with Gasteiger partial charge in [0.25, 0.3) is 11.5 Å². The zero-order valence-electron chi connectivity index (χ0n) is 17.4. The first-order valence-electron chi connectivity index (χ1n) is 9.80. The summed E-state index contributed by atoms with van der Waals surface area (Å²) < 4.78 is 19.1. The highest BCUT2D eigenvalue weighted by molar-refractivity contribution is 5.93. The van der Waals surface area contributed by atoms with Gasteiger partial charge in [-0.1, -0.05) is 0 Å².